The minimum atomic E-state index is -0.116. The third-order valence-electron chi connectivity index (χ3n) is 2.24. The number of alkyl halides is 1. The molecule has 6 heteroatoms. The fraction of sp³-hybridized carbons (Fsp3) is 0.600. The van der Waals surface area contributed by atoms with Gasteiger partial charge in [0.1, 0.15) is 0 Å². The average Bonchev–Trinajstić information content (AvgIpc) is 2.65. The fourth-order valence-electron chi connectivity index (χ4n) is 1.37. The van der Waals surface area contributed by atoms with Crippen LogP contribution in [0.1, 0.15) is 22.5 Å². The van der Waals surface area contributed by atoms with Gasteiger partial charge in [-0.15, -0.1) is 0 Å². The molecule has 0 bridgehead atoms. The van der Waals surface area contributed by atoms with Gasteiger partial charge in [-0.2, -0.15) is 5.10 Å². The third-order valence-corrected chi connectivity index (χ3v) is 2.69. The Kier molecular flexibility index (Phi) is 5.48. The van der Waals surface area contributed by atoms with E-state index in [1.165, 1.54) is 6.20 Å². The lowest BCUT2D eigenvalue weighted by atomic mass is 10.2. The predicted octanol–water partition coefficient (Wildman–Crippen LogP) is 1.25. The van der Waals surface area contributed by atoms with Crippen LogP contribution in [0.3, 0.4) is 0 Å². The van der Waals surface area contributed by atoms with Crippen LogP contribution in [0.4, 0.5) is 0 Å². The molecule has 5 nitrogen and oxygen atoms in total. The Balaban J connectivity index is 2.58. The maximum atomic E-state index is 11.8. The summed E-state index contributed by atoms with van der Waals surface area (Å²) in [5.41, 5.74) is 1.35. The molecule has 1 rings (SSSR count). The van der Waals surface area contributed by atoms with E-state index in [9.17, 15) is 4.79 Å². The zero-order valence-corrected chi connectivity index (χ0v) is 11.0. The number of carbonyl (C=O) groups excluding carboxylic acids is 1. The second kappa shape index (κ2) is 6.65. The zero-order valence-electron chi connectivity index (χ0n) is 9.42. The first kappa shape index (κ1) is 13.2. The Bertz CT molecular complexity index is 335. The van der Waals surface area contributed by atoms with Crippen LogP contribution < -0.4 is 5.32 Å². The number of hydrogen-bond acceptors (Lipinski definition) is 3. The van der Waals surface area contributed by atoms with E-state index in [0.29, 0.717) is 12.2 Å². The number of halogens is 1. The molecule has 0 aliphatic heterocycles. The fourth-order valence-corrected chi connectivity index (χ4v) is 1.93. The molecule has 1 heterocycles. The molecular formula is C10H16BrN3O2. The van der Waals surface area contributed by atoms with Gasteiger partial charge in [0, 0.05) is 18.1 Å². The highest BCUT2D eigenvalue weighted by atomic mass is 79.9. The number of hydrogen-bond donors (Lipinski definition) is 2. The van der Waals surface area contributed by atoms with Crippen LogP contribution in [0.2, 0.25) is 0 Å². The van der Waals surface area contributed by atoms with E-state index in [4.69, 9.17) is 4.74 Å². The molecule has 0 aliphatic carbocycles. The van der Waals surface area contributed by atoms with Crippen LogP contribution in [0.15, 0.2) is 6.20 Å². The monoisotopic (exact) mass is 289 g/mol. The molecule has 0 saturated carbocycles. The van der Waals surface area contributed by atoms with Gasteiger partial charge in [0.05, 0.1) is 24.4 Å². The Morgan fingerprint density at radius 1 is 1.75 bits per heavy atom. The van der Waals surface area contributed by atoms with E-state index in [0.717, 1.165) is 17.4 Å². The summed E-state index contributed by atoms with van der Waals surface area (Å²) in [6.45, 7) is 2.33. The number of aryl methyl sites for hydroxylation is 1. The van der Waals surface area contributed by atoms with Gasteiger partial charge in [0.15, 0.2) is 0 Å². The minimum absolute atomic E-state index is 0.0196. The second-order valence-electron chi connectivity index (χ2n) is 3.51. The van der Waals surface area contributed by atoms with Crippen LogP contribution in [0, 0.1) is 6.92 Å². The van der Waals surface area contributed by atoms with Gasteiger partial charge in [-0.25, -0.2) is 0 Å². The van der Waals surface area contributed by atoms with Crippen molar-refractivity contribution in [1.82, 2.24) is 15.5 Å². The third kappa shape index (κ3) is 3.61. The Labute approximate surface area is 103 Å². The molecule has 0 spiro atoms. The van der Waals surface area contributed by atoms with Gasteiger partial charge < -0.3 is 10.1 Å². The topological polar surface area (TPSA) is 67.0 Å². The molecule has 0 aliphatic rings. The van der Waals surface area contributed by atoms with Crippen LogP contribution >= 0.6 is 15.9 Å². The van der Waals surface area contributed by atoms with Crippen LogP contribution in [-0.2, 0) is 4.74 Å². The standard InChI is InChI=1S/C10H16BrN3O2/c1-7-9(5-12-14-7)10(15)13-8(3-4-11)6-16-2/h5,8H,3-4,6H2,1-2H3,(H,12,14)(H,13,15). The highest BCUT2D eigenvalue weighted by molar-refractivity contribution is 9.09. The minimum Gasteiger partial charge on any atom is -0.383 e. The molecule has 0 saturated heterocycles. The van der Waals surface area contributed by atoms with Crippen molar-refractivity contribution < 1.29 is 9.53 Å². The molecule has 1 atom stereocenters. The van der Waals surface area contributed by atoms with Crippen molar-refractivity contribution in [3.63, 3.8) is 0 Å². The van der Waals surface area contributed by atoms with Crippen molar-refractivity contribution in [1.29, 1.82) is 0 Å². The number of rotatable bonds is 6. The molecule has 16 heavy (non-hydrogen) atoms. The van der Waals surface area contributed by atoms with E-state index in [-0.39, 0.29) is 11.9 Å². The van der Waals surface area contributed by atoms with Crippen molar-refractivity contribution in [2.45, 2.75) is 19.4 Å². The second-order valence-corrected chi connectivity index (χ2v) is 4.31. The zero-order chi connectivity index (χ0) is 12.0. The number of ether oxygens (including phenoxy) is 1. The predicted molar refractivity (Wildman–Crippen MR) is 64.9 cm³/mol. The van der Waals surface area contributed by atoms with Crippen LogP contribution in [-0.4, -0.2) is 41.2 Å². The van der Waals surface area contributed by atoms with Crippen molar-refractivity contribution in [3.8, 4) is 0 Å². The molecule has 2 N–H and O–H groups in total. The Morgan fingerprint density at radius 3 is 3.00 bits per heavy atom. The van der Waals surface area contributed by atoms with E-state index in [1.54, 1.807) is 7.11 Å². The Morgan fingerprint density at radius 2 is 2.50 bits per heavy atom. The van der Waals surface area contributed by atoms with E-state index >= 15 is 0 Å². The van der Waals surface area contributed by atoms with Crippen molar-refractivity contribution in [2.24, 2.45) is 0 Å². The number of H-pyrrole nitrogens is 1. The smallest absolute Gasteiger partial charge is 0.255 e. The van der Waals surface area contributed by atoms with Gasteiger partial charge in [-0.1, -0.05) is 15.9 Å². The van der Waals surface area contributed by atoms with Crippen molar-refractivity contribution in [2.75, 3.05) is 19.0 Å². The normalized spacial score (nSPS) is 12.4. The Hall–Kier alpha value is -0.880. The number of carbonyl (C=O) groups is 1. The van der Waals surface area contributed by atoms with E-state index in [2.05, 4.69) is 31.4 Å². The molecule has 1 amide bonds. The summed E-state index contributed by atoms with van der Waals surface area (Å²) in [6.07, 6.45) is 2.36. The van der Waals surface area contributed by atoms with Gasteiger partial charge in [0.2, 0.25) is 0 Å². The molecule has 90 valence electrons. The van der Waals surface area contributed by atoms with Gasteiger partial charge >= 0.3 is 0 Å². The molecule has 0 aromatic carbocycles. The highest BCUT2D eigenvalue weighted by Gasteiger charge is 2.15. The number of amides is 1. The first-order valence-electron chi connectivity index (χ1n) is 5.04. The number of aromatic nitrogens is 2. The quantitative estimate of drug-likeness (QED) is 0.775. The number of nitrogens with zero attached hydrogens (tertiary/aromatic N) is 1. The molecule has 1 aromatic rings. The van der Waals surface area contributed by atoms with Gasteiger partial charge in [-0.3, -0.25) is 9.89 Å². The molecule has 0 fully saturated rings. The molecule has 1 unspecified atom stereocenters. The number of methoxy groups -OCH3 is 1. The molecular weight excluding hydrogens is 274 g/mol. The van der Waals surface area contributed by atoms with Crippen LogP contribution in [0.5, 0.6) is 0 Å². The van der Waals surface area contributed by atoms with Crippen molar-refractivity contribution >= 4 is 21.8 Å². The van der Waals surface area contributed by atoms with Crippen molar-refractivity contribution in [3.05, 3.63) is 17.5 Å². The summed E-state index contributed by atoms with van der Waals surface area (Å²) < 4.78 is 5.05. The maximum Gasteiger partial charge on any atom is 0.255 e. The largest absolute Gasteiger partial charge is 0.383 e. The summed E-state index contributed by atoms with van der Waals surface area (Å²) in [7, 11) is 1.62. The number of nitrogens with one attached hydrogen (secondary N) is 2. The van der Waals surface area contributed by atoms with E-state index < -0.39 is 0 Å². The first-order chi connectivity index (χ1) is 7.69. The lowest BCUT2D eigenvalue weighted by molar-refractivity contribution is 0.0895. The highest BCUT2D eigenvalue weighted by Crippen LogP contribution is 2.04. The summed E-state index contributed by atoms with van der Waals surface area (Å²) in [6, 6.07) is 0.0196. The lowest BCUT2D eigenvalue weighted by Crippen LogP contribution is -2.38. The number of aromatic amines is 1. The summed E-state index contributed by atoms with van der Waals surface area (Å²) in [4.78, 5) is 11.8. The summed E-state index contributed by atoms with van der Waals surface area (Å²) in [5, 5.41) is 10.3. The van der Waals surface area contributed by atoms with Crippen LogP contribution in [0.25, 0.3) is 0 Å². The van der Waals surface area contributed by atoms with E-state index in [1.807, 2.05) is 6.92 Å². The molecule has 1 aromatic heterocycles. The SMILES string of the molecule is COCC(CCBr)NC(=O)c1cn[nH]c1C. The summed E-state index contributed by atoms with van der Waals surface area (Å²) in [5.74, 6) is -0.116. The van der Waals surface area contributed by atoms with Gasteiger partial charge in [0.25, 0.3) is 5.91 Å². The first-order valence-corrected chi connectivity index (χ1v) is 6.17. The maximum absolute atomic E-state index is 11.8. The van der Waals surface area contributed by atoms with Gasteiger partial charge in [-0.05, 0) is 13.3 Å². The average molecular weight is 290 g/mol. The lowest BCUT2D eigenvalue weighted by Gasteiger charge is -2.16. The summed E-state index contributed by atoms with van der Waals surface area (Å²) >= 11 is 3.35. The molecule has 0 radical (unpaired) electrons.